The summed E-state index contributed by atoms with van der Waals surface area (Å²) in [6.45, 7) is 2.22. The molecule has 100 valence electrons. The highest BCUT2D eigenvalue weighted by Gasteiger charge is 2.09. The molecular weight excluding hydrogens is 274 g/mol. The molecule has 1 aromatic rings. The van der Waals surface area contributed by atoms with Gasteiger partial charge in [-0.25, -0.2) is 4.98 Å². The Morgan fingerprint density at radius 2 is 2.28 bits per heavy atom. The van der Waals surface area contributed by atoms with Crippen molar-refractivity contribution in [3.63, 3.8) is 0 Å². The first-order valence-electron chi connectivity index (χ1n) is 5.55. The van der Waals surface area contributed by atoms with Crippen molar-refractivity contribution in [3.05, 3.63) is 22.8 Å². The van der Waals surface area contributed by atoms with Crippen LogP contribution >= 0.6 is 11.6 Å². The first-order valence-corrected chi connectivity index (χ1v) is 7.41. The topological polar surface area (TPSA) is 71.1 Å². The predicted molar refractivity (Wildman–Crippen MR) is 74.7 cm³/mol. The molecule has 0 radical (unpaired) electrons. The molecule has 1 unspecified atom stereocenters. The molecule has 0 aromatic carbocycles. The summed E-state index contributed by atoms with van der Waals surface area (Å²) in [6, 6.07) is 1.55. The van der Waals surface area contributed by atoms with E-state index in [4.69, 9.17) is 11.6 Å². The van der Waals surface area contributed by atoms with Crippen LogP contribution in [0.2, 0.25) is 5.02 Å². The van der Waals surface area contributed by atoms with Crippen LogP contribution in [0.3, 0.4) is 0 Å². The number of carbonyl (C=O) groups is 1. The molecule has 0 saturated heterocycles. The van der Waals surface area contributed by atoms with Gasteiger partial charge in [0, 0.05) is 42.1 Å². The zero-order valence-corrected chi connectivity index (χ0v) is 11.9. The lowest BCUT2D eigenvalue weighted by molar-refractivity contribution is 0.0956. The molecule has 2 N–H and O–H groups in total. The first-order chi connectivity index (χ1) is 8.58. The van der Waals surface area contributed by atoms with Gasteiger partial charge in [-0.3, -0.25) is 9.00 Å². The lowest BCUT2D eigenvalue weighted by Gasteiger charge is -2.06. The average Bonchev–Trinajstić information content (AvgIpc) is 2.38. The fourth-order valence-corrected chi connectivity index (χ4v) is 2.15. The molecular formula is C11H16ClN3O2S. The average molecular weight is 290 g/mol. The number of hydrogen-bond donors (Lipinski definition) is 2. The maximum absolute atomic E-state index is 11.7. The van der Waals surface area contributed by atoms with Gasteiger partial charge in [-0.1, -0.05) is 18.5 Å². The molecule has 0 fully saturated rings. The number of pyridine rings is 1. The first kappa shape index (κ1) is 14.9. The van der Waals surface area contributed by atoms with E-state index in [0.717, 1.165) is 0 Å². The Kier molecular flexibility index (Phi) is 6.07. The number of amides is 1. The van der Waals surface area contributed by atoms with Crippen LogP contribution in [0.5, 0.6) is 0 Å². The molecule has 7 heteroatoms. The van der Waals surface area contributed by atoms with Gasteiger partial charge in [0.05, 0.1) is 10.6 Å². The number of hydrogen-bond acceptors (Lipinski definition) is 4. The zero-order valence-electron chi connectivity index (χ0n) is 10.3. The third kappa shape index (κ3) is 4.27. The Balaban J connectivity index is 2.56. The van der Waals surface area contributed by atoms with E-state index in [0.29, 0.717) is 34.5 Å². The summed E-state index contributed by atoms with van der Waals surface area (Å²) in [6.07, 6.45) is 1.45. The van der Waals surface area contributed by atoms with E-state index in [9.17, 15) is 9.00 Å². The molecule has 1 atom stereocenters. The van der Waals surface area contributed by atoms with Crippen molar-refractivity contribution in [2.24, 2.45) is 0 Å². The van der Waals surface area contributed by atoms with Gasteiger partial charge in [-0.15, -0.1) is 0 Å². The molecule has 1 rings (SSSR count). The monoisotopic (exact) mass is 289 g/mol. The Hall–Kier alpha value is -1.14. The second-order valence-corrected chi connectivity index (χ2v) is 5.77. The van der Waals surface area contributed by atoms with Crippen LogP contribution in [0.25, 0.3) is 0 Å². The third-order valence-electron chi connectivity index (χ3n) is 2.28. The van der Waals surface area contributed by atoms with Gasteiger partial charge in [0.1, 0.15) is 5.82 Å². The minimum absolute atomic E-state index is 0.264. The van der Waals surface area contributed by atoms with Crippen LogP contribution in [-0.2, 0) is 10.8 Å². The van der Waals surface area contributed by atoms with Gasteiger partial charge in [-0.2, -0.15) is 0 Å². The van der Waals surface area contributed by atoms with Gasteiger partial charge >= 0.3 is 0 Å². The Morgan fingerprint density at radius 3 is 2.83 bits per heavy atom. The van der Waals surface area contributed by atoms with Crippen molar-refractivity contribution in [2.75, 3.05) is 30.4 Å². The van der Waals surface area contributed by atoms with Gasteiger partial charge in [0.15, 0.2) is 0 Å². The number of halogens is 1. The Labute approximate surface area is 114 Å². The van der Waals surface area contributed by atoms with Crippen molar-refractivity contribution in [1.82, 2.24) is 10.3 Å². The summed E-state index contributed by atoms with van der Waals surface area (Å²) in [7, 11) is 0.827. The summed E-state index contributed by atoms with van der Waals surface area (Å²) in [5, 5.41) is 5.88. The summed E-state index contributed by atoms with van der Waals surface area (Å²) in [5.74, 6) is 1.32. The molecule has 1 heterocycles. The van der Waals surface area contributed by atoms with E-state index >= 15 is 0 Å². The molecule has 0 aliphatic rings. The maximum Gasteiger partial charge on any atom is 0.252 e. The molecule has 1 amide bonds. The number of nitrogens with one attached hydrogen (secondary N) is 2. The summed E-state index contributed by atoms with van der Waals surface area (Å²) >= 11 is 5.93. The SMILES string of the molecule is CCS(=O)CCNC(=O)c1cnc(NC)c(Cl)c1. The molecule has 1 aromatic heterocycles. The largest absolute Gasteiger partial charge is 0.372 e. The fourth-order valence-electron chi connectivity index (χ4n) is 1.27. The number of aromatic nitrogens is 1. The Bertz CT molecular complexity index is 454. The summed E-state index contributed by atoms with van der Waals surface area (Å²) in [4.78, 5) is 15.8. The lowest BCUT2D eigenvalue weighted by Crippen LogP contribution is -2.28. The fraction of sp³-hybridized carbons (Fsp3) is 0.455. The van der Waals surface area contributed by atoms with Crippen molar-refractivity contribution in [3.8, 4) is 0 Å². The third-order valence-corrected chi connectivity index (χ3v) is 3.87. The van der Waals surface area contributed by atoms with Crippen LogP contribution < -0.4 is 10.6 Å². The van der Waals surface area contributed by atoms with E-state index < -0.39 is 10.8 Å². The Morgan fingerprint density at radius 1 is 1.56 bits per heavy atom. The van der Waals surface area contributed by atoms with E-state index in [-0.39, 0.29) is 5.91 Å². The van der Waals surface area contributed by atoms with E-state index in [1.165, 1.54) is 6.20 Å². The van der Waals surface area contributed by atoms with Crippen molar-refractivity contribution in [2.45, 2.75) is 6.92 Å². The van der Waals surface area contributed by atoms with Crippen molar-refractivity contribution < 1.29 is 9.00 Å². The number of anilines is 1. The number of carbonyl (C=O) groups excluding carboxylic acids is 1. The lowest BCUT2D eigenvalue weighted by atomic mass is 10.2. The molecule has 0 bridgehead atoms. The molecule has 0 spiro atoms. The second kappa shape index (κ2) is 7.33. The van der Waals surface area contributed by atoms with Crippen LogP contribution in [0.1, 0.15) is 17.3 Å². The summed E-state index contributed by atoms with van der Waals surface area (Å²) in [5.41, 5.74) is 0.390. The molecule has 0 aliphatic heterocycles. The van der Waals surface area contributed by atoms with Crippen LogP contribution in [0.15, 0.2) is 12.3 Å². The smallest absolute Gasteiger partial charge is 0.252 e. The van der Waals surface area contributed by atoms with E-state index in [2.05, 4.69) is 15.6 Å². The second-order valence-electron chi connectivity index (χ2n) is 3.49. The highest BCUT2D eigenvalue weighted by Crippen LogP contribution is 2.19. The predicted octanol–water partition coefficient (Wildman–Crippen LogP) is 1.28. The molecule has 0 saturated carbocycles. The van der Waals surface area contributed by atoms with E-state index in [1.54, 1.807) is 13.1 Å². The van der Waals surface area contributed by atoms with Gasteiger partial charge in [-0.05, 0) is 6.07 Å². The minimum atomic E-state index is -0.876. The standard InChI is InChI=1S/C11H16ClN3O2S/c1-3-18(17)5-4-14-11(16)8-6-9(12)10(13-2)15-7-8/h6-7H,3-5H2,1-2H3,(H,13,15)(H,14,16). The van der Waals surface area contributed by atoms with Gasteiger partial charge in [0.25, 0.3) is 5.91 Å². The molecule has 5 nitrogen and oxygen atoms in total. The van der Waals surface area contributed by atoms with E-state index in [1.807, 2.05) is 6.92 Å². The normalized spacial score (nSPS) is 11.9. The number of nitrogens with zero attached hydrogens (tertiary/aromatic N) is 1. The molecule has 18 heavy (non-hydrogen) atoms. The minimum Gasteiger partial charge on any atom is -0.372 e. The summed E-state index contributed by atoms with van der Waals surface area (Å²) < 4.78 is 11.2. The van der Waals surface area contributed by atoms with Gasteiger partial charge < -0.3 is 10.6 Å². The molecule has 0 aliphatic carbocycles. The highest BCUT2D eigenvalue weighted by molar-refractivity contribution is 7.84. The van der Waals surface area contributed by atoms with Crippen LogP contribution in [0.4, 0.5) is 5.82 Å². The number of rotatable bonds is 6. The van der Waals surface area contributed by atoms with Crippen LogP contribution in [0, 0.1) is 0 Å². The zero-order chi connectivity index (χ0) is 13.5. The maximum atomic E-state index is 11.7. The van der Waals surface area contributed by atoms with Crippen molar-refractivity contribution in [1.29, 1.82) is 0 Å². The highest BCUT2D eigenvalue weighted by atomic mass is 35.5. The van der Waals surface area contributed by atoms with Crippen LogP contribution in [-0.4, -0.2) is 40.2 Å². The van der Waals surface area contributed by atoms with Gasteiger partial charge in [0.2, 0.25) is 0 Å². The quantitative estimate of drug-likeness (QED) is 0.827. The van der Waals surface area contributed by atoms with Crippen molar-refractivity contribution >= 4 is 34.1 Å².